The Morgan fingerprint density at radius 2 is 2.22 bits per heavy atom. The van der Waals surface area contributed by atoms with E-state index in [9.17, 15) is 22.4 Å². The first kappa shape index (κ1) is 17.5. The number of nitrogens with zero attached hydrogens (tertiary/aromatic N) is 1. The lowest BCUT2D eigenvalue weighted by Crippen LogP contribution is -2.48. The van der Waals surface area contributed by atoms with Gasteiger partial charge in [0.15, 0.2) is 0 Å². The fraction of sp³-hybridized carbons (Fsp3) is 0.500. The smallest absolute Gasteiger partial charge is 0.405 e. The lowest BCUT2D eigenvalue weighted by Gasteiger charge is -2.32. The molecule has 1 aromatic carbocycles. The van der Waals surface area contributed by atoms with E-state index in [0.717, 1.165) is 18.2 Å². The quantitative estimate of drug-likeness (QED) is 0.850. The number of rotatable bonds is 4. The molecule has 0 bridgehead atoms. The maximum Gasteiger partial charge on any atom is 0.573 e. The van der Waals surface area contributed by atoms with Gasteiger partial charge in [-0.1, -0.05) is 6.07 Å². The topological polar surface area (TPSA) is 50.8 Å². The number of carbonyl (C=O) groups is 1. The van der Waals surface area contributed by atoms with Crippen molar-refractivity contribution in [3.05, 3.63) is 29.6 Å². The number of ether oxygens (including phenoxy) is 2. The van der Waals surface area contributed by atoms with Gasteiger partial charge in [0.25, 0.3) is 0 Å². The van der Waals surface area contributed by atoms with Crippen LogP contribution in [0.3, 0.4) is 0 Å². The Labute approximate surface area is 130 Å². The minimum atomic E-state index is -4.90. The van der Waals surface area contributed by atoms with Gasteiger partial charge >= 0.3 is 6.36 Å². The number of halogens is 4. The van der Waals surface area contributed by atoms with Crippen LogP contribution in [0.25, 0.3) is 0 Å². The van der Waals surface area contributed by atoms with Crippen molar-refractivity contribution < 1.29 is 31.8 Å². The molecule has 1 atom stereocenters. The van der Waals surface area contributed by atoms with Crippen molar-refractivity contribution >= 4 is 5.91 Å². The molecule has 128 valence electrons. The molecule has 1 saturated heterocycles. The minimum absolute atomic E-state index is 0.116. The molecular formula is C14H16F4N2O3. The van der Waals surface area contributed by atoms with E-state index in [1.54, 1.807) is 4.90 Å². The first-order chi connectivity index (χ1) is 10.8. The predicted octanol–water partition coefficient (Wildman–Crippen LogP) is 1.67. The largest absolute Gasteiger partial charge is 0.573 e. The van der Waals surface area contributed by atoms with Gasteiger partial charge in [-0.3, -0.25) is 9.69 Å². The Morgan fingerprint density at radius 1 is 1.48 bits per heavy atom. The van der Waals surface area contributed by atoms with E-state index < -0.39 is 24.0 Å². The van der Waals surface area contributed by atoms with E-state index >= 15 is 0 Å². The number of amides is 1. The molecule has 0 spiro atoms. The molecular weight excluding hydrogens is 320 g/mol. The first-order valence-corrected chi connectivity index (χ1v) is 6.89. The van der Waals surface area contributed by atoms with Crippen molar-refractivity contribution in [3.8, 4) is 5.75 Å². The molecule has 0 unspecified atom stereocenters. The van der Waals surface area contributed by atoms with Crippen LogP contribution < -0.4 is 10.1 Å². The second-order valence-corrected chi connectivity index (χ2v) is 4.97. The number of likely N-dealkylation sites (N-methyl/N-ethyl adjacent to an activating group) is 1. The van der Waals surface area contributed by atoms with Gasteiger partial charge in [0, 0.05) is 32.2 Å². The van der Waals surface area contributed by atoms with Gasteiger partial charge < -0.3 is 14.8 Å². The molecule has 1 fully saturated rings. The zero-order valence-corrected chi connectivity index (χ0v) is 12.3. The van der Waals surface area contributed by atoms with Gasteiger partial charge in [0.2, 0.25) is 5.91 Å². The summed E-state index contributed by atoms with van der Waals surface area (Å²) in [4.78, 5) is 13.2. The normalized spacial score (nSPS) is 19.4. The van der Waals surface area contributed by atoms with Crippen LogP contribution in [0.1, 0.15) is 5.56 Å². The summed E-state index contributed by atoms with van der Waals surface area (Å²) in [6.45, 7) is 0.629. The number of nitrogens with one attached hydrogen (secondary N) is 1. The highest BCUT2D eigenvalue weighted by Crippen LogP contribution is 2.29. The summed E-state index contributed by atoms with van der Waals surface area (Å²) >= 11 is 0. The Morgan fingerprint density at radius 3 is 2.87 bits per heavy atom. The molecule has 23 heavy (non-hydrogen) atoms. The van der Waals surface area contributed by atoms with E-state index in [2.05, 4.69) is 10.1 Å². The Kier molecular flexibility index (Phi) is 5.42. The van der Waals surface area contributed by atoms with Crippen LogP contribution in [0, 0.1) is 5.82 Å². The maximum atomic E-state index is 13.9. The van der Waals surface area contributed by atoms with Crippen molar-refractivity contribution in [1.29, 1.82) is 0 Å². The molecule has 1 aliphatic rings. The standard InChI is InChI=1S/C14H16F4N2O3/c1-19-13(21)12-8-20(5-6-22-12)7-9-10(15)3-2-4-11(9)23-14(16,17)18/h2-4,12H,5-8H2,1H3,(H,19,21)/t12-/m1/s1. The van der Waals surface area contributed by atoms with Crippen LogP contribution in [-0.2, 0) is 16.1 Å². The van der Waals surface area contributed by atoms with Crippen LogP contribution in [-0.4, -0.2) is 50.0 Å². The molecule has 9 heteroatoms. The minimum Gasteiger partial charge on any atom is -0.405 e. The molecule has 1 aromatic rings. The molecule has 2 rings (SSSR count). The third kappa shape index (κ3) is 4.80. The van der Waals surface area contributed by atoms with Gasteiger partial charge in [-0.2, -0.15) is 0 Å². The summed E-state index contributed by atoms with van der Waals surface area (Å²) < 4.78 is 60.3. The molecule has 0 aromatic heterocycles. The van der Waals surface area contributed by atoms with E-state index in [1.165, 1.54) is 7.05 Å². The summed E-state index contributed by atoms with van der Waals surface area (Å²) in [6, 6.07) is 3.27. The Bertz CT molecular complexity index is 565. The number of benzene rings is 1. The lowest BCUT2D eigenvalue weighted by atomic mass is 10.1. The van der Waals surface area contributed by atoms with Crippen molar-refractivity contribution in [1.82, 2.24) is 10.2 Å². The molecule has 1 aliphatic heterocycles. The predicted molar refractivity (Wildman–Crippen MR) is 72.2 cm³/mol. The van der Waals surface area contributed by atoms with Crippen LogP contribution in [0.5, 0.6) is 5.75 Å². The number of morpholine rings is 1. The zero-order valence-electron chi connectivity index (χ0n) is 12.3. The lowest BCUT2D eigenvalue weighted by molar-refractivity contribution is -0.275. The maximum absolute atomic E-state index is 13.9. The second-order valence-electron chi connectivity index (χ2n) is 4.97. The van der Waals surface area contributed by atoms with Gasteiger partial charge in [0.05, 0.1) is 6.61 Å². The van der Waals surface area contributed by atoms with Gasteiger partial charge in [-0.05, 0) is 12.1 Å². The van der Waals surface area contributed by atoms with Crippen molar-refractivity contribution in [2.24, 2.45) is 0 Å². The molecule has 0 radical (unpaired) electrons. The van der Waals surface area contributed by atoms with Gasteiger partial charge in [-0.15, -0.1) is 13.2 Å². The van der Waals surface area contributed by atoms with Crippen molar-refractivity contribution in [3.63, 3.8) is 0 Å². The average Bonchev–Trinajstić information content (AvgIpc) is 2.49. The molecule has 5 nitrogen and oxygen atoms in total. The van der Waals surface area contributed by atoms with Crippen molar-refractivity contribution in [2.45, 2.75) is 19.0 Å². The van der Waals surface area contributed by atoms with E-state index in [4.69, 9.17) is 4.74 Å². The van der Waals surface area contributed by atoms with Crippen LogP contribution in [0.2, 0.25) is 0 Å². The highest BCUT2D eigenvalue weighted by molar-refractivity contribution is 5.80. The molecule has 0 aliphatic carbocycles. The van der Waals surface area contributed by atoms with Crippen LogP contribution >= 0.6 is 0 Å². The number of hydrogen-bond acceptors (Lipinski definition) is 4. The third-order valence-electron chi connectivity index (χ3n) is 3.37. The van der Waals surface area contributed by atoms with Crippen molar-refractivity contribution in [2.75, 3.05) is 26.7 Å². The first-order valence-electron chi connectivity index (χ1n) is 6.89. The monoisotopic (exact) mass is 336 g/mol. The summed E-state index contributed by atoms with van der Waals surface area (Å²) in [7, 11) is 1.46. The van der Waals surface area contributed by atoms with E-state index in [1.807, 2.05) is 0 Å². The average molecular weight is 336 g/mol. The summed E-state index contributed by atoms with van der Waals surface area (Å²) in [5.41, 5.74) is -0.206. The molecule has 1 amide bonds. The van der Waals surface area contributed by atoms with Gasteiger partial charge in [0.1, 0.15) is 17.7 Å². The fourth-order valence-electron chi connectivity index (χ4n) is 2.30. The Hall–Kier alpha value is -1.87. The molecule has 1 heterocycles. The van der Waals surface area contributed by atoms with Crippen LogP contribution in [0.15, 0.2) is 18.2 Å². The third-order valence-corrected chi connectivity index (χ3v) is 3.37. The fourth-order valence-corrected chi connectivity index (χ4v) is 2.30. The second kappa shape index (κ2) is 7.14. The summed E-state index contributed by atoms with van der Waals surface area (Å²) in [6.07, 6.45) is -5.65. The number of hydrogen-bond donors (Lipinski definition) is 1. The number of carbonyl (C=O) groups excluding carboxylic acids is 1. The molecule has 1 N–H and O–H groups in total. The summed E-state index contributed by atoms with van der Waals surface area (Å²) in [5, 5.41) is 2.43. The highest BCUT2D eigenvalue weighted by Gasteiger charge is 2.33. The number of alkyl halides is 3. The van der Waals surface area contributed by atoms with E-state index in [-0.39, 0.29) is 31.2 Å². The molecule has 0 saturated carbocycles. The van der Waals surface area contributed by atoms with E-state index in [0.29, 0.717) is 6.54 Å². The van der Waals surface area contributed by atoms with Crippen LogP contribution in [0.4, 0.5) is 17.6 Å². The zero-order chi connectivity index (χ0) is 17.0. The SMILES string of the molecule is CNC(=O)[C@H]1CN(Cc2c(F)cccc2OC(F)(F)F)CCO1. The Balaban J connectivity index is 2.14. The van der Waals surface area contributed by atoms with Gasteiger partial charge in [-0.25, -0.2) is 4.39 Å². The summed E-state index contributed by atoms with van der Waals surface area (Å²) in [5.74, 6) is -1.72. The highest BCUT2D eigenvalue weighted by atomic mass is 19.4.